The predicted molar refractivity (Wildman–Crippen MR) is 99.2 cm³/mol. The van der Waals surface area contributed by atoms with Crippen LogP contribution in [0.5, 0.6) is 5.75 Å². The SMILES string of the molecule is C[C@H](Oc1ccc2ccccc2c1C=O)C(=O)Nc1cccc(C#N)c1. The van der Waals surface area contributed by atoms with E-state index in [1.54, 1.807) is 37.3 Å². The van der Waals surface area contributed by atoms with Crippen LogP contribution in [0.1, 0.15) is 22.8 Å². The van der Waals surface area contributed by atoms with E-state index in [-0.39, 0.29) is 5.91 Å². The van der Waals surface area contributed by atoms with E-state index in [2.05, 4.69) is 5.32 Å². The van der Waals surface area contributed by atoms with Gasteiger partial charge >= 0.3 is 0 Å². The van der Waals surface area contributed by atoms with E-state index < -0.39 is 6.10 Å². The van der Waals surface area contributed by atoms with Gasteiger partial charge in [-0.25, -0.2) is 0 Å². The number of carbonyl (C=O) groups excluding carboxylic acids is 2. The summed E-state index contributed by atoms with van der Waals surface area (Å²) in [7, 11) is 0. The van der Waals surface area contributed by atoms with Crippen molar-refractivity contribution >= 4 is 28.7 Å². The molecule has 3 aromatic carbocycles. The maximum absolute atomic E-state index is 12.4. The number of anilines is 1. The molecule has 0 bridgehead atoms. The van der Waals surface area contributed by atoms with Crippen molar-refractivity contribution in [1.82, 2.24) is 0 Å². The Bertz CT molecular complexity index is 1020. The minimum absolute atomic E-state index is 0.354. The van der Waals surface area contributed by atoms with Gasteiger partial charge in [0.1, 0.15) is 5.75 Å². The maximum atomic E-state index is 12.4. The van der Waals surface area contributed by atoms with Gasteiger partial charge in [0.05, 0.1) is 17.2 Å². The van der Waals surface area contributed by atoms with Crippen LogP contribution in [0.4, 0.5) is 5.69 Å². The lowest BCUT2D eigenvalue weighted by molar-refractivity contribution is -0.122. The van der Waals surface area contributed by atoms with Crippen LogP contribution in [-0.4, -0.2) is 18.3 Å². The van der Waals surface area contributed by atoms with Crippen molar-refractivity contribution in [2.24, 2.45) is 0 Å². The number of hydrogen-bond acceptors (Lipinski definition) is 4. The predicted octanol–water partition coefficient (Wildman–Crippen LogP) is 3.93. The van der Waals surface area contributed by atoms with Crippen LogP contribution in [-0.2, 0) is 4.79 Å². The average molecular weight is 344 g/mol. The Morgan fingerprint density at radius 3 is 2.73 bits per heavy atom. The van der Waals surface area contributed by atoms with E-state index >= 15 is 0 Å². The lowest BCUT2D eigenvalue weighted by atomic mass is 10.0. The molecule has 1 amide bonds. The van der Waals surface area contributed by atoms with Gasteiger partial charge in [-0.3, -0.25) is 9.59 Å². The first-order chi connectivity index (χ1) is 12.6. The molecular weight excluding hydrogens is 328 g/mol. The highest BCUT2D eigenvalue weighted by atomic mass is 16.5. The van der Waals surface area contributed by atoms with Crippen molar-refractivity contribution in [3.8, 4) is 11.8 Å². The number of benzene rings is 3. The van der Waals surface area contributed by atoms with Crippen LogP contribution >= 0.6 is 0 Å². The topological polar surface area (TPSA) is 79.2 Å². The second-order valence-corrected chi connectivity index (χ2v) is 5.76. The van der Waals surface area contributed by atoms with Crippen molar-refractivity contribution < 1.29 is 14.3 Å². The molecule has 128 valence electrons. The normalized spacial score (nSPS) is 11.4. The number of aldehydes is 1. The fourth-order valence-electron chi connectivity index (χ4n) is 2.65. The summed E-state index contributed by atoms with van der Waals surface area (Å²) in [6.45, 7) is 1.60. The molecule has 0 radical (unpaired) electrons. The van der Waals surface area contributed by atoms with Gasteiger partial charge in [-0.2, -0.15) is 5.26 Å². The molecule has 0 aliphatic carbocycles. The number of hydrogen-bond donors (Lipinski definition) is 1. The summed E-state index contributed by atoms with van der Waals surface area (Å²) in [6, 6.07) is 19.6. The van der Waals surface area contributed by atoms with Gasteiger partial charge in [-0.15, -0.1) is 0 Å². The van der Waals surface area contributed by atoms with E-state index in [9.17, 15) is 9.59 Å². The van der Waals surface area contributed by atoms with Crippen molar-refractivity contribution in [1.29, 1.82) is 5.26 Å². The van der Waals surface area contributed by atoms with Crippen molar-refractivity contribution in [3.63, 3.8) is 0 Å². The number of ether oxygens (including phenoxy) is 1. The summed E-state index contributed by atoms with van der Waals surface area (Å²) in [4.78, 5) is 23.9. The number of nitrogens with one attached hydrogen (secondary N) is 1. The van der Waals surface area contributed by atoms with Gasteiger partial charge in [0.15, 0.2) is 12.4 Å². The van der Waals surface area contributed by atoms with Gasteiger partial charge in [0.25, 0.3) is 5.91 Å². The number of carbonyl (C=O) groups is 2. The summed E-state index contributed by atoms with van der Waals surface area (Å²) < 4.78 is 5.73. The van der Waals surface area contributed by atoms with Crippen LogP contribution in [0.2, 0.25) is 0 Å². The molecule has 0 aromatic heterocycles. The monoisotopic (exact) mass is 344 g/mol. The van der Waals surface area contributed by atoms with E-state index in [0.717, 1.165) is 17.1 Å². The minimum atomic E-state index is -0.819. The van der Waals surface area contributed by atoms with Gasteiger partial charge < -0.3 is 10.1 Å². The molecule has 0 aliphatic heterocycles. The largest absolute Gasteiger partial charge is 0.480 e. The number of fused-ring (bicyclic) bond motifs is 1. The fraction of sp³-hybridized carbons (Fsp3) is 0.0952. The second kappa shape index (κ2) is 7.49. The van der Waals surface area contributed by atoms with Crippen LogP contribution in [0.15, 0.2) is 60.7 Å². The first-order valence-corrected chi connectivity index (χ1v) is 8.07. The Labute approximate surface area is 150 Å². The van der Waals surface area contributed by atoms with Crippen LogP contribution in [0.3, 0.4) is 0 Å². The molecule has 26 heavy (non-hydrogen) atoms. The van der Waals surface area contributed by atoms with Gasteiger partial charge in [0, 0.05) is 5.69 Å². The molecule has 0 saturated heterocycles. The Morgan fingerprint density at radius 1 is 1.15 bits per heavy atom. The van der Waals surface area contributed by atoms with Crippen molar-refractivity contribution in [3.05, 3.63) is 71.8 Å². The third-order valence-electron chi connectivity index (χ3n) is 3.98. The Balaban J connectivity index is 1.80. The molecule has 0 aliphatic rings. The highest BCUT2D eigenvalue weighted by Crippen LogP contribution is 2.27. The maximum Gasteiger partial charge on any atom is 0.265 e. The third-order valence-corrected chi connectivity index (χ3v) is 3.98. The average Bonchev–Trinajstić information content (AvgIpc) is 2.67. The fourth-order valence-corrected chi connectivity index (χ4v) is 2.65. The lowest BCUT2D eigenvalue weighted by Crippen LogP contribution is -2.30. The Hall–Kier alpha value is -3.65. The van der Waals surface area contributed by atoms with Gasteiger partial charge in [0.2, 0.25) is 0 Å². The first kappa shape index (κ1) is 17.2. The number of amides is 1. The molecule has 0 spiro atoms. The molecular formula is C21H16N2O3. The quantitative estimate of drug-likeness (QED) is 0.711. The molecule has 0 fully saturated rings. The summed E-state index contributed by atoms with van der Waals surface area (Å²) >= 11 is 0. The number of nitrogens with zero attached hydrogens (tertiary/aromatic N) is 1. The van der Waals surface area contributed by atoms with E-state index in [0.29, 0.717) is 22.6 Å². The first-order valence-electron chi connectivity index (χ1n) is 8.07. The zero-order chi connectivity index (χ0) is 18.5. The summed E-state index contributed by atoms with van der Waals surface area (Å²) in [6.07, 6.45) is -0.0841. The molecule has 0 heterocycles. The van der Waals surface area contributed by atoms with Crippen LogP contribution in [0.25, 0.3) is 10.8 Å². The minimum Gasteiger partial charge on any atom is -0.480 e. The molecule has 1 atom stereocenters. The third kappa shape index (κ3) is 3.55. The summed E-state index contributed by atoms with van der Waals surface area (Å²) in [5.74, 6) is -0.0165. The Morgan fingerprint density at radius 2 is 1.96 bits per heavy atom. The molecule has 1 N–H and O–H groups in total. The zero-order valence-corrected chi connectivity index (χ0v) is 14.1. The molecule has 0 saturated carbocycles. The molecule has 5 heteroatoms. The van der Waals surface area contributed by atoms with E-state index in [4.69, 9.17) is 10.00 Å². The van der Waals surface area contributed by atoms with Gasteiger partial charge in [-0.05, 0) is 42.0 Å². The van der Waals surface area contributed by atoms with E-state index in [1.165, 1.54) is 0 Å². The standard InChI is InChI=1S/C21H16N2O3/c1-14(21(25)23-17-7-4-5-15(11-17)12-22)26-20-10-9-16-6-2-3-8-18(16)19(20)13-24/h2-11,13-14H,1H3,(H,23,25)/t14-/m0/s1. The summed E-state index contributed by atoms with van der Waals surface area (Å²) in [5, 5.41) is 13.3. The second-order valence-electron chi connectivity index (χ2n) is 5.76. The number of rotatable bonds is 5. The molecule has 5 nitrogen and oxygen atoms in total. The van der Waals surface area contributed by atoms with E-state index in [1.807, 2.05) is 36.4 Å². The smallest absolute Gasteiger partial charge is 0.265 e. The van der Waals surface area contributed by atoms with Crippen molar-refractivity contribution in [2.45, 2.75) is 13.0 Å². The zero-order valence-electron chi connectivity index (χ0n) is 14.1. The van der Waals surface area contributed by atoms with Gasteiger partial charge in [-0.1, -0.05) is 36.4 Å². The molecule has 3 rings (SSSR count). The highest BCUT2D eigenvalue weighted by molar-refractivity contribution is 6.01. The Kier molecular flexibility index (Phi) is 4.95. The molecule has 0 unspecified atom stereocenters. The number of nitriles is 1. The highest BCUT2D eigenvalue weighted by Gasteiger charge is 2.18. The molecule has 3 aromatic rings. The van der Waals surface area contributed by atoms with Crippen LogP contribution in [0, 0.1) is 11.3 Å². The summed E-state index contributed by atoms with van der Waals surface area (Å²) in [5.41, 5.74) is 1.38. The van der Waals surface area contributed by atoms with Crippen molar-refractivity contribution in [2.75, 3.05) is 5.32 Å². The van der Waals surface area contributed by atoms with Crippen LogP contribution < -0.4 is 10.1 Å². The lowest BCUT2D eigenvalue weighted by Gasteiger charge is -2.17.